The smallest absolute Gasteiger partial charge is 0.261 e. The van der Waals surface area contributed by atoms with Crippen LogP contribution in [-0.2, 0) is 17.9 Å². The van der Waals surface area contributed by atoms with Crippen LogP contribution in [0.15, 0.2) is 78.9 Å². The number of carbonyl (C=O) groups is 2. The molecule has 1 heterocycles. The summed E-state index contributed by atoms with van der Waals surface area (Å²) in [6, 6.07) is 24.9. The summed E-state index contributed by atoms with van der Waals surface area (Å²) in [5.41, 5.74) is 3.48. The van der Waals surface area contributed by atoms with E-state index in [-0.39, 0.29) is 24.5 Å². The Hall–Kier alpha value is -3.60. The maximum absolute atomic E-state index is 12.8. The second-order valence-electron chi connectivity index (χ2n) is 7.45. The van der Waals surface area contributed by atoms with Crippen molar-refractivity contribution < 1.29 is 14.3 Å². The standard InChI is InChI=1S/C25H24N2O3/c1-18(20-10-6-3-7-11-20)26-25(29)21-12-13-23-22(14-21)16-27(24(28)17-30-23)15-19-8-4-2-5-9-19/h2-14,18H,15-17H2,1H3,(H,26,29). The van der Waals surface area contributed by atoms with Crippen LogP contribution in [-0.4, -0.2) is 23.3 Å². The number of hydrogen-bond acceptors (Lipinski definition) is 3. The van der Waals surface area contributed by atoms with Gasteiger partial charge in [-0.3, -0.25) is 9.59 Å². The van der Waals surface area contributed by atoms with E-state index in [4.69, 9.17) is 4.74 Å². The maximum atomic E-state index is 12.8. The first-order chi connectivity index (χ1) is 14.6. The van der Waals surface area contributed by atoms with Gasteiger partial charge in [-0.25, -0.2) is 0 Å². The van der Waals surface area contributed by atoms with Crippen molar-refractivity contribution in [1.29, 1.82) is 0 Å². The number of ether oxygens (including phenoxy) is 1. The Morgan fingerprint density at radius 1 is 1.03 bits per heavy atom. The minimum atomic E-state index is -0.153. The average Bonchev–Trinajstić information content (AvgIpc) is 2.93. The third-order valence-corrected chi connectivity index (χ3v) is 5.25. The number of nitrogens with zero attached hydrogens (tertiary/aromatic N) is 1. The molecule has 0 fully saturated rings. The molecule has 1 N–H and O–H groups in total. The highest BCUT2D eigenvalue weighted by molar-refractivity contribution is 5.95. The zero-order valence-electron chi connectivity index (χ0n) is 16.9. The van der Waals surface area contributed by atoms with Crippen LogP contribution in [0.1, 0.15) is 40.0 Å². The van der Waals surface area contributed by atoms with Crippen LogP contribution in [0, 0.1) is 0 Å². The summed E-state index contributed by atoms with van der Waals surface area (Å²) in [5, 5.41) is 3.03. The van der Waals surface area contributed by atoms with Gasteiger partial charge in [0.05, 0.1) is 6.04 Å². The molecule has 5 nitrogen and oxygen atoms in total. The highest BCUT2D eigenvalue weighted by atomic mass is 16.5. The minimum absolute atomic E-state index is 0.00355. The van der Waals surface area contributed by atoms with E-state index in [9.17, 15) is 9.59 Å². The number of benzene rings is 3. The lowest BCUT2D eigenvalue weighted by atomic mass is 10.1. The van der Waals surface area contributed by atoms with Gasteiger partial charge in [-0.1, -0.05) is 60.7 Å². The highest BCUT2D eigenvalue weighted by Gasteiger charge is 2.23. The van der Waals surface area contributed by atoms with Crippen molar-refractivity contribution in [1.82, 2.24) is 10.2 Å². The number of amides is 2. The molecule has 0 radical (unpaired) electrons. The molecule has 5 heteroatoms. The summed E-state index contributed by atoms with van der Waals surface area (Å²) >= 11 is 0. The van der Waals surface area contributed by atoms with Gasteiger partial charge in [0.15, 0.2) is 6.61 Å². The van der Waals surface area contributed by atoms with Crippen molar-refractivity contribution in [3.05, 3.63) is 101 Å². The Morgan fingerprint density at radius 3 is 2.47 bits per heavy atom. The van der Waals surface area contributed by atoms with Crippen molar-refractivity contribution in [2.45, 2.75) is 26.1 Å². The van der Waals surface area contributed by atoms with E-state index in [1.54, 1.807) is 17.0 Å². The molecular formula is C25H24N2O3. The largest absolute Gasteiger partial charge is 0.483 e. The number of nitrogens with one attached hydrogen (secondary N) is 1. The second kappa shape index (κ2) is 8.82. The predicted molar refractivity (Wildman–Crippen MR) is 115 cm³/mol. The normalized spacial score (nSPS) is 14.3. The van der Waals surface area contributed by atoms with Crippen molar-refractivity contribution in [3.63, 3.8) is 0 Å². The van der Waals surface area contributed by atoms with E-state index in [0.717, 1.165) is 16.7 Å². The molecule has 3 aromatic carbocycles. The van der Waals surface area contributed by atoms with Gasteiger partial charge in [0, 0.05) is 24.2 Å². The van der Waals surface area contributed by atoms with Crippen molar-refractivity contribution >= 4 is 11.8 Å². The molecule has 0 spiro atoms. The molecule has 1 atom stereocenters. The molecule has 3 aromatic rings. The first kappa shape index (κ1) is 19.7. The Labute approximate surface area is 176 Å². The second-order valence-corrected chi connectivity index (χ2v) is 7.45. The molecule has 0 saturated carbocycles. The number of rotatable bonds is 5. The van der Waals surface area contributed by atoms with E-state index < -0.39 is 0 Å². The maximum Gasteiger partial charge on any atom is 0.261 e. The van der Waals surface area contributed by atoms with Crippen molar-refractivity contribution in [3.8, 4) is 5.75 Å². The Bertz CT molecular complexity index is 1030. The lowest BCUT2D eigenvalue weighted by Crippen LogP contribution is -2.31. The van der Waals surface area contributed by atoms with Crippen LogP contribution in [0.25, 0.3) is 0 Å². The molecule has 0 aliphatic carbocycles. The molecule has 152 valence electrons. The van der Waals surface area contributed by atoms with Gasteiger partial charge >= 0.3 is 0 Å². The van der Waals surface area contributed by atoms with Gasteiger partial charge in [0.1, 0.15) is 5.75 Å². The molecule has 0 saturated heterocycles. The number of carbonyl (C=O) groups excluding carboxylic acids is 2. The number of hydrogen-bond donors (Lipinski definition) is 1. The fourth-order valence-electron chi connectivity index (χ4n) is 3.56. The molecule has 2 amide bonds. The first-order valence-corrected chi connectivity index (χ1v) is 10.0. The van der Waals surface area contributed by atoms with E-state index in [0.29, 0.717) is 24.4 Å². The molecular weight excluding hydrogens is 376 g/mol. The summed E-state index contributed by atoms with van der Waals surface area (Å²) in [6.45, 7) is 2.86. The summed E-state index contributed by atoms with van der Waals surface area (Å²) in [6.07, 6.45) is 0. The lowest BCUT2D eigenvalue weighted by molar-refractivity contribution is -0.133. The van der Waals surface area contributed by atoms with Crippen LogP contribution in [0.2, 0.25) is 0 Å². The van der Waals surface area contributed by atoms with Gasteiger partial charge < -0.3 is 15.0 Å². The Balaban J connectivity index is 1.51. The van der Waals surface area contributed by atoms with Gasteiger partial charge in [-0.05, 0) is 36.2 Å². The average molecular weight is 400 g/mol. The highest BCUT2D eigenvalue weighted by Crippen LogP contribution is 2.26. The lowest BCUT2D eigenvalue weighted by Gasteiger charge is -2.20. The topological polar surface area (TPSA) is 58.6 Å². The number of fused-ring (bicyclic) bond motifs is 1. The zero-order valence-corrected chi connectivity index (χ0v) is 16.9. The molecule has 0 bridgehead atoms. The van der Waals surface area contributed by atoms with Crippen molar-refractivity contribution in [2.24, 2.45) is 0 Å². The van der Waals surface area contributed by atoms with E-state index in [1.165, 1.54) is 0 Å². The van der Waals surface area contributed by atoms with Crippen LogP contribution in [0.4, 0.5) is 0 Å². The summed E-state index contributed by atoms with van der Waals surface area (Å²) in [5.74, 6) is 0.421. The summed E-state index contributed by atoms with van der Waals surface area (Å²) in [7, 11) is 0. The molecule has 1 aliphatic rings. The fourth-order valence-corrected chi connectivity index (χ4v) is 3.56. The molecule has 4 rings (SSSR count). The molecule has 30 heavy (non-hydrogen) atoms. The Kier molecular flexibility index (Phi) is 5.80. The fraction of sp³-hybridized carbons (Fsp3) is 0.200. The monoisotopic (exact) mass is 400 g/mol. The SMILES string of the molecule is CC(NC(=O)c1ccc2c(c1)CN(Cc1ccccc1)C(=O)CO2)c1ccccc1. The van der Waals surface area contributed by atoms with E-state index >= 15 is 0 Å². The van der Waals surface area contributed by atoms with Crippen molar-refractivity contribution in [2.75, 3.05) is 6.61 Å². The van der Waals surface area contributed by atoms with Crippen LogP contribution >= 0.6 is 0 Å². The van der Waals surface area contributed by atoms with Gasteiger partial charge in [0.25, 0.3) is 11.8 Å². The third-order valence-electron chi connectivity index (χ3n) is 5.25. The summed E-state index contributed by atoms with van der Waals surface area (Å²) in [4.78, 5) is 27.1. The summed E-state index contributed by atoms with van der Waals surface area (Å²) < 4.78 is 5.69. The van der Waals surface area contributed by atoms with E-state index in [2.05, 4.69) is 5.32 Å². The van der Waals surface area contributed by atoms with Crippen LogP contribution in [0.5, 0.6) is 5.75 Å². The van der Waals surface area contributed by atoms with Gasteiger partial charge in [-0.2, -0.15) is 0 Å². The van der Waals surface area contributed by atoms with Crippen LogP contribution in [0.3, 0.4) is 0 Å². The molecule has 1 aliphatic heterocycles. The van der Waals surface area contributed by atoms with Gasteiger partial charge in [-0.15, -0.1) is 0 Å². The third kappa shape index (κ3) is 4.51. The predicted octanol–water partition coefficient (Wildman–Crippen LogP) is 4.10. The molecule has 1 unspecified atom stereocenters. The first-order valence-electron chi connectivity index (χ1n) is 10.0. The van der Waals surface area contributed by atoms with E-state index in [1.807, 2.05) is 73.7 Å². The zero-order chi connectivity index (χ0) is 20.9. The van der Waals surface area contributed by atoms with Crippen LogP contribution < -0.4 is 10.1 Å². The van der Waals surface area contributed by atoms with Gasteiger partial charge in [0.2, 0.25) is 0 Å². The quantitative estimate of drug-likeness (QED) is 0.702. The molecule has 0 aromatic heterocycles. The minimum Gasteiger partial charge on any atom is -0.483 e. The Morgan fingerprint density at radius 2 is 1.73 bits per heavy atom.